The van der Waals surface area contributed by atoms with Gasteiger partial charge in [-0.1, -0.05) is 0 Å². The van der Waals surface area contributed by atoms with Gasteiger partial charge in [-0.15, -0.1) is 5.10 Å². The molecule has 4 aromatic rings. The number of ether oxygens (including phenoxy) is 2. The van der Waals surface area contributed by atoms with Crippen LogP contribution in [0.3, 0.4) is 0 Å². The van der Waals surface area contributed by atoms with Crippen molar-refractivity contribution in [1.29, 1.82) is 0 Å². The maximum absolute atomic E-state index is 13.9. The van der Waals surface area contributed by atoms with Crippen molar-refractivity contribution in [1.82, 2.24) is 24.9 Å². The third kappa shape index (κ3) is 4.86. The number of aromatic nitrogens is 4. The number of nitrogens with zero attached hydrogens (tertiary/aromatic N) is 4. The fourth-order valence-corrected chi connectivity index (χ4v) is 4.28. The summed E-state index contributed by atoms with van der Waals surface area (Å²) < 4.78 is 27.0. The summed E-state index contributed by atoms with van der Waals surface area (Å²) in [5, 5.41) is 6.92. The Bertz CT molecular complexity index is 1380. The van der Waals surface area contributed by atoms with Crippen LogP contribution in [-0.2, 0) is 6.54 Å². The number of carbonyl (C=O) groups is 1. The molecule has 10 heteroatoms. The lowest BCUT2D eigenvalue weighted by Gasteiger charge is -2.17. The number of halogens is 1. The van der Waals surface area contributed by atoms with E-state index in [2.05, 4.69) is 20.4 Å². The summed E-state index contributed by atoms with van der Waals surface area (Å²) >= 11 is 0. The summed E-state index contributed by atoms with van der Waals surface area (Å²) in [7, 11) is 1.51. The summed E-state index contributed by atoms with van der Waals surface area (Å²) in [5.41, 5.74) is 8.50. The molecule has 0 saturated heterocycles. The van der Waals surface area contributed by atoms with Crippen molar-refractivity contribution in [3.8, 4) is 22.8 Å². The van der Waals surface area contributed by atoms with E-state index in [-0.39, 0.29) is 30.3 Å². The van der Waals surface area contributed by atoms with Gasteiger partial charge in [-0.25, -0.2) is 13.9 Å². The third-order valence-corrected chi connectivity index (χ3v) is 6.03. The first-order chi connectivity index (χ1) is 17.0. The molecule has 1 saturated carbocycles. The summed E-state index contributed by atoms with van der Waals surface area (Å²) in [6, 6.07) is 9.66. The number of nitrogen functional groups attached to an aromatic ring is 1. The Morgan fingerprint density at radius 2 is 2.06 bits per heavy atom. The zero-order valence-corrected chi connectivity index (χ0v) is 19.2. The van der Waals surface area contributed by atoms with Crippen molar-refractivity contribution in [3.05, 3.63) is 65.7 Å². The van der Waals surface area contributed by atoms with Crippen LogP contribution in [0, 0.1) is 5.82 Å². The molecule has 0 radical (unpaired) electrons. The van der Waals surface area contributed by atoms with Gasteiger partial charge in [-0.2, -0.15) is 4.98 Å². The van der Waals surface area contributed by atoms with Gasteiger partial charge in [-0.05, 0) is 67.6 Å². The lowest BCUT2D eigenvalue weighted by Crippen LogP contribution is -2.24. The first kappa shape index (κ1) is 22.6. The van der Waals surface area contributed by atoms with Crippen LogP contribution in [0.2, 0.25) is 0 Å². The number of pyridine rings is 2. The van der Waals surface area contributed by atoms with Crippen LogP contribution < -0.4 is 20.5 Å². The van der Waals surface area contributed by atoms with Crippen LogP contribution >= 0.6 is 0 Å². The number of fused-ring (bicyclic) bond motifs is 1. The summed E-state index contributed by atoms with van der Waals surface area (Å²) in [5.74, 6) is 0.369. The number of anilines is 1. The van der Waals surface area contributed by atoms with E-state index in [1.807, 2.05) is 6.07 Å². The topological polar surface area (TPSA) is 117 Å². The molecule has 0 unspecified atom stereocenters. The Labute approximate surface area is 201 Å². The van der Waals surface area contributed by atoms with Crippen LogP contribution in [-0.4, -0.2) is 38.7 Å². The van der Waals surface area contributed by atoms with Crippen LogP contribution in [0.5, 0.6) is 11.6 Å². The molecule has 3 N–H and O–H groups in total. The molecule has 0 spiro atoms. The molecular weight excluding hydrogens is 451 g/mol. The van der Waals surface area contributed by atoms with Crippen molar-refractivity contribution < 1.29 is 18.7 Å². The number of nitrogens with two attached hydrogens (primary N) is 1. The number of carbonyl (C=O) groups excluding carboxylic acids is 1. The Hall–Kier alpha value is -4.21. The first-order valence-electron chi connectivity index (χ1n) is 11.4. The molecule has 9 nitrogen and oxygen atoms in total. The van der Waals surface area contributed by atoms with Crippen LogP contribution in [0.15, 0.2) is 48.8 Å². The standard InChI is InChI=1S/C25H25FN6O3/c1-34-24-20(15-8-9-32-22(12-15)30-25(27)31-32)11-17(14-29-24)23(33)28-13-16-10-18(26)6-7-21(16)35-19-4-2-3-5-19/h6-12,14,19H,2-5,13H2,1H3,(H2,27,31)(H,28,33). The predicted octanol–water partition coefficient (Wildman–Crippen LogP) is 3.77. The van der Waals surface area contributed by atoms with Gasteiger partial charge in [0.05, 0.1) is 18.8 Å². The molecule has 1 amide bonds. The minimum absolute atomic E-state index is 0.116. The SMILES string of the molecule is COc1ncc(C(=O)NCc2cc(F)ccc2OC2CCCC2)cc1-c1ccn2nc(N)nc2c1. The average molecular weight is 477 g/mol. The molecule has 5 rings (SSSR count). The third-order valence-electron chi connectivity index (χ3n) is 6.03. The van der Waals surface area contributed by atoms with Crippen LogP contribution in [0.4, 0.5) is 10.3 Å². The van der Waals surface area contributed by atoms with Gasteiger partial charge in [0.1, 0.15) is 11.6 Å². The fourth-order valence-electron chi connectivity index (χ4n) is 4.28. The molecule has 0 bridgehead atoms. The molecule has 1 aliphatic carbocycles. The second-order valence-corrected chi connectivity index (χ2v) is 8.43. The van der Waals surface area contributed by atoms with E-state index in [1.165, 1.54) is 25.4 Å². The molecular formula is C25H25FN6O3. The first-order valence-corrected chi connectivity index (χ1v) is 11.4. The van der Waals surface area contributed by atoms with E-state index in [9.17, 15) is 9.18 Å². The summed E-state index contributed by atoms with van der Waals surface area (Å²) in [6.07, 6.45) is 7.50. The molecule has 3 heterocycles. The predicted molar refractivity (Wildman–Crippen MR) is 128 cm³/mol. The Kier molecular flexibility index (Phi) is 6.17. The molecule has 1 aromatic carbocycles. The van der Waals surface area contributed by atoms with Crippen molar-refractivity contribution in [2.75, 3.05) is 12.8 Å². The second kappa shape index (κ2) is 9.57. The molecule has 3 aromatic heterocycles. The molecule has 1 fully saturated rings. The molecule has 1 aliphatic rings. The number of hydrogen-bond donors (Lipinski definition) is 2. The highest BCUT2D eigenvalue weighted by atomic mass is 19.1. The smallest absolute Gasteiger partial charge is 0.253 e. The van der Waals surface area contributed by atoms with Gasteiger partial charge in [-0.3, -0.25) is 4.79 Å². The van der Waals surface area contributed by atoms with Crippen LogP contribution in [0.1, 0.15) is 41.6 Å². The van der Waals surface area contributed by atoms with E-state index < -0.39 is 0 Å². The number of hydrogen-bond acceptors (Lipinski definition) is 7. The monoisotopic (exact) mass is 476 g/mol. The Balaban J connectivity index is 1.37. The number of nitrogens with one attached hydrogen (secondary N) is 1. The van der Waals surface area contributed by atoms with Crippen LogP contribution in [0.25, 0.3) is 16.8 Å². The maximum atomic E-state index is 13.9. The molecule has 180 valence electrons. The number of methoxy groups -OCH3 is 1. The lowest BCUT2D eigenvalue weighted by atomic mass is 10.1. The van der Waals surface area contributed by atoms with Crippen molar-refractivity contribution in [3.63, 3.8) is 0 Å². The minimum atomic E-state index is -0.383. The Morgan fingerprint density at radius 1 is 1.23 bits per heavy atom. The van der Waals surface area contributed by atoms with Gasteiger partial charge in [0.2, 0.25) is 11.8 Å². The van der Waals surface area contributed by atoms with Gasteiger partial charge >= 0.3 is 0 Å². The molecule has 0 atom stereocenters. The number of benzene rings is 1. The van der Waals surface area contributed by atoms with Gasteiger partial charge in [0, 0.05) is 30.1 Å². The van der Waals surface area contributed by atoms with Gasteiger partial charge in [0.15, 0.2) is 5.65 Å². The highest BCUT2D eigenvalue weighted by Gasteiger charge is 2.19. The van der Waals surface area contributed by atoms with Crippen molar-refractivity contribution in [2.24, 2.45) is 0 Å². The maximum Gasteiger partial charge on any atom is 0.253 e. The van der Waals surface area contributed by atoms with E-state index in [0.717, 1.165) is 31.2 Å². The normalized spacial score (nSPS) is 13.8. The highest BCUT2D eigenvalue weighted by molar-refractivity contribution is 5.95. The largest absolute Gasteiger partial charge is 0.490 e. The van der Waals surface area contributed by atoms with E-state index in [0.29, 0.717) is 34.0 Å². The van der Waals surface area contributed by atoms with Crippen molar-refractivity contribution >= 4 is 17.5 Å². The number of rotatable bonds is 7. The quantitative estimate of drug-likeness (QED) is 0.417. The van der Waals surface area contributed by atoms with Gasteiger partial charge < -0.3 is 20.5 Å². The van der Waals surface area contributed by atoms with E-state index >= 15 is 0 Å². The average Bonchev–Trinajstić information content (AvgIpc) is 3.51. The van der Waals surface area contributed by atoms with Crippen molar-refractivity contribution in [2.45, 2.75) is 38.3 Å². The molecule has 35 heavy (non-hydrogen) atoms. The zero-order valence-electron chi connectivity index (χ0n) is 19.2. The van der Waals surface area contributed by atoms with E-state index in [4.69, 9.17) is 15.2 Å². The summed E-state index contributed by atoms with van der Waals surface area (Å²) in [4.78, 5) is 21.5. The second-order valence-electron chi connectivity index (χ2n) is 8.43. The lowest BCUT2D eigenvalue weighted by molar-refractivity contribution is 0.0950. The van der Waals surface area contributed by atoms with Gasteiger partial charge in [0.25, 0.3) is 5.91 Å². The van der Waals surface area contributed by atoms with E-state index in [1.54, 1.807) is 28.9 Å². The highest BCUT2D eigenvalue weighted by Crippen LogP contribution is 2.30. The Morgan fingerprint density at radius 3 is 2.86 bits per heavy atom. The molecule has 0 aliphatic heterocycles. The fraction of sp³-hybridized carbons (Fsp3) is 0.280. The number of amides is 1. The zero-order chi connectivity index (χ0) is 24.4. The summed E-state index contributed by atoms with van der Waals surface area (Å²) in [6.45, 7) is 0.116. The minimum Gasteiger partial charge on any atom is -0.490 e.